The molecule has 0 radical (unpaired) electrons. The number of aliphatic hydroxyl groups excluding tert-OH is 1. The molecule has 0 spiro atoms. The van der Waals surface area contributed by atoms with E-state index in [9.17, 15) is 9.90 Å². The molecule has 0 bridgehead atoms. The van der Waals surface area contributed by atoms with Crippen LogP contribution in [-0.2, 0) is 4.79 Å². The third kappa shape index (κ3) is 4.74. The van der Waals surface area contributed by atoms with E-state index < -0.39 is 6.10 Å². The van der Waals surface area contributed by atoms with Crippen molar-refractivity contribution in [2.75, 3.05) is 13.2 Å². The molecule has 2 rings (SSSR count). The van der Waals surface area contributed by atoms with Gasteiger partial charge in [-0.25, -0.2) is 0 Å². The van der Waals surface area contributed by atoms with Crippen molar-refractivity contribution in [1.82, 2.24) is 5.32 Å². The number of carbonyl (C=O) groups excluding carboxylic acids is 1. The minimum Gasteiger partial charge on any atom is -0.484 e. The minimum absolute atomic E-state index is 0.0140. The summed E-state index contributed by atoms with van der Waals surface area (Å²) >= 11 is 0. The van der Waals surface area contributed by atoms with Crippen molar-refractivity contribution < 1.29 is 14.6 Å². The standard InChI is InChI=1S/C17H25NO3/c1-12-7-8-15(9-13(12)2)21-11-17(20)18-10-16(19)14-5-3-4-6-14/h7-9,14,16,19H,3-6,10-11H2,1-2H3,(H,18,20). The summed E-state index contributed by atoms with van der Waals surface area (Å²) in [7, 11) is 0. The lowest BCUT2D eigenvalue weighted by atomic mass is 10.0. The highest BCUT2D eigenvalue weighted by molar-refractivity contribution is 5.77. The molecule has 1 amide bonds. The van der Waals surface area contributed by atoms with Crippen LogP contribution >= 0.6 is 0 Å². The predicted molar refractivity (Wildman–Crippen MR) is 82.4 cm³/mol. The average Bonchev–Trinajstić information content (AvgIpc) is 3.00. The minimum atomic E-state index is -0.432. The molecule has 1 fully saturated rings. The van der Waals surface area contributed by atoms with Crippen molar-refractivity contribution in [1.29, 1.82) is 0 Å². The maximum atomic E-state index is 11.7. The van der Waals surface area contributed by atoms with Gasteiger partial charge in [0.1, 0.15) is 5.75 Å². The van der Waals surface area contributed by atoms with Crippen LogP contribution in [0, 0.1) is 19.8 Å². The molecule has 4 heteroatoms. The van der Waals surface area contributed by atoms with Crippen LogP contribution in [0.5, 0.6) is 5.75 Å². The van der Waals surface area contributed by atoms with Gasteiger partial charge in [0.2, 0.25) is 0 Å². The summed E-state index contributed by atoms with van der Waals surface area (Å²) in [6.45, 7) is 4.36. The molecule has 0 aliphatic heterocycles. The second kappa shape index (κ2) is 7.46. The predicted octanol–water partition coefficient (Wildman–Crippen LogP) is 2.35. The molecule has 1 aromatic rings. The summed E-state index contributed by atoms with van der Waals surface area (Å²) in [4.78, 5) is 11.7. The molecule has 2 N–H and O–H groups in total. The monoisotopic (exact) mass is 291 g/mol. The van der Waals surface area contributed by atoms with Gasteiger partial charge in [0.25, 0.3) is 5.91 Å². The summed E-state index contributed by atoms with van der Waals surface area (Å²) in [5.74, 6) is 0.848. The number of hydrogen-bond donors (Lipinski definition) is 2. The number of ether oxygens (including phenoxy) is 1. The number of hydrogen-bond acceptors (Lipinski definition) is 3. The van der Waals surface area contributed by atoms with Gasteiger partial charge in [0.15, 0.2) is 6.61 Å². The van der Waals surface area contributed by atoms with E-state index in [2.05, 4.69) is 5.32 Å². The molecule has 1 saturated carbocycles. The Hall–Kier alpha value is -1.55. The fourth-order valence-corrected chi connectivity index (χ4v) is 2.73. The second-order valence-electron chi connectivity index (χ2n) is 5.95. The zero-order valence-corrected chi connectivity index (χ0v) is 12.9. The Labute approximate surface area is 126 Å². The van der Waals surface area contributed by atoms with E-state index in [1.54, 1.807) is 0 Å². The van der Waals surface area contributed by atoms with Gasteiger partial charge in [0.05, 0.1) is 6.10 Å². The van der Waals surface area contributed by atoms with Crippen molar-refractivity contribution in [2.45, 2.75) is 45.6 Å². The molecule has 0 heterocycles. The summed E-state index contributed by atoms with van der Waals surface area (Å²) in [5.41, 5.74) is 2.34. The first-order valence-corrected chi connectivity index (χ1v) is 7.71. The molecule has 4 nitrogen and oxygen atoms in total. The van der Waals surface area contributed by atoms with Crippen LogP contribution in [-0.4, -0.2) is 30.3 Å². The Morgan fingerprint density at radius 2 is 2.05 bits per heavy atom. The summed E-state index contributed by atoms with van der Waals surface area (Å²) < 4.78 is 5.47. The second-order valence-corrected chi connectivity index (χ2v) is 5.95. The molecule has 0 aromatic heterocycles. The number of rotatable bonds is 6. The number of carbonyl (C=O) groups is 1. The molecule has 1 aliphatic carbocycles. The number of aliphatic hydroxyl groups is 1. The van der Waals surface area contributed by atoms with Crippen LogP contribution in [0.15, 0.2) is 18.2 Å². The molecule has 1 aromatic carbocycles. The molecule has 1 atom stereocenters. The van der Waals surface area contributed by atoms with Crippen molar-refractivity contribution in [3.05, 3.63) is 29.3 Å². The van der Waals surface area contributed by atoms with Gasteiger partial charge in [-0.1, -0.05) is 18.9 Å². The Morgan fingerprint density at radius 3 is 2.71 bits per heavy atom. The van der Waals surface area contributed by atoms with E-state index in [4.69, 9.17) is 4.74 Å². The van der Waals surface area contributed by atoms with Gasteiger partial charge in [-0.05, 0) is 55.9 Å². The Kier molecular flexibility index (Phi) is 5.62. The largest absolute Gasteiger partial charge is 0.484 e. The number of aryl methyl sites for hydroxylation is 2. The van der Waals surface area contributed by atoms with E-state index in [-0.39, 0.29) is 12.5 Å². The quantitative estimate of drug-likeness (QED) is 0.846. The lowest BCUT2D eigenvalue weighted by Crippen LogP contribution is -2.37. The van der Waals surface area contributed by atoms with Crippen molar-refractivity contribution in [3.8, 4) is 5.75 Å². The van der Waals surface area contributed by atoms with Crippen molar-refractivity contribution >= 4 is 5.91 Å². The Bertz CT molecular complexity index is 481. The topological polar surface area (TPSA) is 58.6 Å². The number of benzene rings is 1. The molecule has 116 valence electrons. The summed E-state index contributed by atoms with van der Waals surface area (Å²) in [5, 5.41) is 12.7. The molecule has 0 saturated heterocycles. The fourth-order valence-electron chi connectivity index (χ4n) is 2.73. The van der Waals surface area contributed by atoms with E-state index in [1.807, 2.05) is 32.0 Å². The van der Waals surface area contributed by atoms with Crippen LogP contribution in [0.25, 0.3) is 0 Å². The third-order valence-electron chi connectivity index (χ3n) is 4.30. The average molecular weight is 291 g/mol. The molecular weight excluding hydrogens is 266 g/mol. The van der Waals surface area contributed by atoms with E-state index >= 15 is 0 Å². The summed E-state index contributed by atoms with van der Waals surface area (Å²) in [6.07, 6.45) is 4.07. The van der Waals surface area contributed by atoms with E-state index in [0.717, 1.165) is 18.4 Å². The molecule has 21 heavy (non-hydrogen) atoms. The van der Waals surface area contributed by atoms with Crippen LogP contribution < -0.4 is 10.1 Å². The first-order valence-electron chi connectivity index (χ1n) is 7.71. The van der Waals surface area contributed by atoms with Gasteiger partial charge in [-0.2, -0.15) is 0 Å². The summed E-state index contributed by atoms with van der Waals surface area (Å²) in [6, 6.07) is 5.77. The number of nitrogens with one attached hydrogen (secondary N) is 1. The highest BCUT2D eigenvalue weighted by atomic mass is 16.5. The highest BCUT2D eigenvalue weighted by Crippen LogP contribution is 2.27. The number of amides is 1. The maximum Gasteiger partial charge on any atom is 0.258 e. The first kappa shape index (κ1) is 15.8. The third-order valence-corrected chi connectivity index (χ3v) is 4.30. The SMILES string of the molecule is Cc1ccc(OCC(=O)NCC(O)C2CCCC2)cc1C. The smallest absolute Gasteiger partial charge is 0.258 e. The van der Waals surface area contributed by atoms with Gasteiger partial charge in [-0.3, -0.25) is 4.79 Å². The van der Waals surface area contributed by atoms with E-state index in [1.165, 1.54) is 18.4 Å². The van der Waals surface area contributed by atoms with Gasteiger partial charge in [0, 0.05) is 6.54 Å². The van der Waals surface area contributed by atoms with Gasteiger partial charge in [-0.15, -0.1) is 0 Å². The van der Waals surface area contributed by atoms with Crippen LogP contribution in [0.1, 0.15) is 36.8 Å². The normalized spacial score (nSPS) is 16.7. The lowest BCUT2D eigenvalue weighted by molar-refractivity contribution is -0.123. The molecule has 1 unspecified atom stereocenters. The van der Waals surface area contributed by atoms with Gasteiger partial charge >= 0.3 is 0 Å². The zero-order valence-electron chi connectivity index (χ0n) is 12.9. The molecular formula is C17H25NO3. The van der Waals surface area contributed by atoms with Crippen molar-refractivity contribution in [2.24, 2.45) is 5.92 Å². The van der Waals surface area contributed by atoms with Crippen LogP contribution in [0.2, 0.25) is 0 Å². The van der Waals surface area contributed by atoms with Gasteiger partial charge < -0.3 is 15.2 Å². The fraction of sp³-hybridized carbons (Fsp3) is 0.588. The Balaban J connectivity index is 1.70. The zero-order chi connectivity index (χ0) is 15.2. The lowest BCUT2D eigenvalue weighted by Gasteiger charge is -2.18. The van der Waals surface area contributed by atoms with Crippen LogP contribution in [0.4, 0.5) is 0 Å². The van der Waals surface area contributed by atoms with E-state index in [0.29, 0.717) is 18.2 Å². The highest BCUT2D eigenvalue weighted by Gasteiger charge is 2.23. The molecule has 1 aliphatic rings. The Morgan fingerprint density at radius 1 is 1.33 bits per heavy atom. The maximum absolute atomic E-state index is 11.7. The van der Waals surface area contributed by atoms with Crippen LogP contribution in [0.3, 0.4) is 0 Å². The van der Waals surface area contributed by atoms with Crippen molar-refractivity contribution in [3.63, 3.8) is 0 Å². The first-order chi connectivity index (χ1) is 10.1.